The number of carbonyl (C=O) groups excluding carboxylic acids is 2. The summed E-state index contributed by atoms with van der Waals surface area (Å²) in [7, 11) is -3.78. The monoisotopic (exact) mass is 459 g/mol. The van der Waals surface area contributed by atoms with E-state index in [0.29, 0.717) is 11.4 Å². The lowest BCUT2D eigenvalue weighted by atomic mass is 10.2. The first-order valence-electron chi connectivity index (χ1n) is 9.36. The van der Waals surface area contributed by atoms with Crippen LogP contribution in [-0.2, 0) is 31.0 Å². The highest BCUT2D eigenvalue weighted by Gasteiger charge is 2.15. The second-order valence-electron chi connectivity index (χ2n) is 6.52. The normalized spacial score (nSPS) is 11.1. The molecule has 0 atom stereocenters. The molecule has 3 aromatic rings. The van der Waals surface area contributed by atoms with Gasteiger partial charge in [0.15, 0.2) is 0 Å². The third-order valence-electron chi connectivity index (χ3n) is 4.06. The molecule has 0 aliphatic heterocycles. The average Bonchev–Trinajstić information content (AvgIpc) is 3.22. The maximum Gasteiger partial charge on any atom is 0.307 e. The summed E-state index contributed by atoms with van der Waals surface area (Å²) in [6.07, 6.45) is -0.112. The highest BCUT2D eigenvalue weighted by atomic mass is 32.2. The lowest BCUT2D eigenvalue weighted by Crippen LogP contribution is -2.26. The minimum Gasteiger partial charge on any atom is -0.459 e. The van der Waals surface area contributed by atoms with E-state index in [4.69, 9.17) is 4.74 Å². The van der Waals surface area contributed by atoms with Crippen LogP contribution in [0.3, 0.4) is 0 Å². The van der Waals surface area contributed by atoms with Gasteiger partial charge in [0.1, 0.15) is 11.6 Å². The van der Waals surface area contributed by atoms with Gasteiger partial charge in [-0.15, -0.1) is 11.3 Å². The fraction of sp³-hybridized carbons (Fsp3) is 0.190. The molecule has 2 aromatic carbocycles. The number of aromatic nitrogens is 1. The largest absolute Gasteiger partial charge is 0.459 e. The Morgan fingerprint density at radius 1 is 1.06 bits per heavy atom. The molecule has 0 bridgehead atoms. The van der Waals surface area contributed by atoms with Gasteiger partial charge >= 0.3 is 5.97 Å². The van der Waals surface area contributed by atoms with E-state index in [1.165, 1.54) is 42.5 Å². The van der Waals surface area contributed by atoms with Gasteiger partial charge in [-0.25, -0.2) is 18.1 Å². The Bertz CT molecular complexity index is 1140. The number of ether oxygens (including phenoxy) is 1. The van der Waals surface area contributed by atoms with E-state index in [0.717, 1.165) is 10.6 Å². The van der Waals surface area contributed by atoms with Crippen molar-refractivity contribution >= 4 is 38.9 Å². The minimum atomic E-state index is -3.78. The smallest absolute Gasteiger partial charge is 0.307 e. The maximum absolute atomic E-state index is 12.3. The highest BCUT2D eigenvalue weighted by Crippen LogP contribution is 2.23. The third-order valence-corrected chi connectivity index (χ3v) is 6.48. The summed E-state index contributed by atoms with van der Waals surface area (Å²) < 4.78 is 32.2. The van der Waals surface area contributed by atoms with Crippen LogP contribution in [0.2, 0.25) is 0 Å². The Balaban J connectivity index is 1.44. The Hall–Kier alpha value is -3.08. The number of hydrogen-bond donors (Lipinski definition) is 2. The van der Waals surface area contributed by atoms with E-state index < -0.39 is 16.0 Å². The SMILES string of the molecule is CC(=O)Nc1ccc(S(=O)(=O)NCCC(=O)OCc2csc(-c3ccccc3)n2)cc1. The van der Waals surface area contributed by atoms with E-state index in [-0.39, 0.29) is 30.4 Å². The van der Waals surface area contributed by atoms with Crippen molar-refractivity contribution in [3.05, 3.63) is 65.7 Å². The molecule has 1 aromatic heterocycles. The van der Waals surface area contributed by atoms with Crippen molar-refractivity contribution in [3.8, 4) is 10.6 Å². The molecule has 0 fully saturated rings. The lowest BCUT2D eigenvalue weighted by molar-refractivity contribution is -0.144. The third kappa shape index (κ3) is 6.71. The van der Waals surface area contributed by atoms with Crippen LogP contribution in [0.1, 0.15) is 19.0 Å². The molecule has 10 heteroatoms. The van der Waals surface area contributed by atoms with Gasteiger partial charge in [0.25, 0.3) is 0 Å². The molecule has 0 unspecified atom stereocenters. The van der Waals surface area contributed by atoms with Crippen LogP contribution in [0.25, 0.3) is 10.6 Å². The van der Waals surface area contributed by atoms with E-state index in [2.05, 4.69) is 15.0 Å². The number of rotatable bonds is 9. The number of amides is 1. The van der Waals surface area contributed by atoms with E-state index in [1.807, 2.05) is 35.7 Å². The molecule has 0 spiro atoms. The van der Waals surface area contributed by atoms with Crippen LogP contribution in [0.5, 0.6) is 0 Å². The van der Waals surface area contributed by atoms with Gasteiger partial charge < -0.3 is 10.1 Å². The fourth-order valence-electron chi connectivity index (χ4n) is 2.60. The average molecular weight is 460 g/mol. The van der Waals surface area contributed by atoms with Crippen LogP contribution < -0.4 is 10.0 Å². The number of nitrogens with one attached hydrogen (secondary N) is 2. The number of hydrogen-bond acceptors (Lipinski definition) is 7. The topological polar surface area (TPSA) is 114 Å². The standard InChI is InChI=1S/C21H21N3O5S2/c1-15(25)23-17-7-9-19(10-8-17)31(27,28)22-12-11-20(26)29-13-18-14-30-21(24-18)16-5-3-2-4-6-16/h2-10,14,22H,11-13H2,1H3,(H,23,25). The number of sulfonamides is 1. The first kappa shape index (κ1) is 22.6. The van der Waals surface area contributed by atoms with E-state index in [1.54, 1.807) is 0 Å². The zero-order valence-electron chi connectivity index (χ0n) is 16.7. The van der Waals surface area contributed by atoms with Crippen molar-refractivity contribution in [2.75, 3.05) is 11.9 Å². The molecule has 3 rings (SSSR count). The summed E-state index contributed by atoms with van der Waals surface area (Å²) in [4.78, 5) is 27.4. The van der Waals surface area contributed by atoms with Gasteiger partial charge in [-0.05, 0) is 24.3 Å². The van der Waals surface area contributed by atoms with Crippen LogP contribution in [0.4, 0.5) is 5.69 Å². The van der Waals surface area contributed by atoms with Crippen molar-refractivity contribution in [1.82, 2.24) is 9.71 Å². The Morgan fingerprint density at radius 3 is 2.45 bits per heavy atom. The van der Waals surface area contributed by atoms with Crippen molar-refractivity contribution < 1.29 is 22.7 Å². The molecular weight excluding hydrogens is 438 g/mol. The zero-order valence-corrected chi connectivity index (χ0v) is 18.3. The second-order valence-corrected chi connectivity index (χ2v) is 9.15. The summed E-state index contributed by atoms with van der Waals surface area (Å²) in [5.41, 5.74) is 2.12. The molecule has 31 heavy (non-hydrogen) atoms. The lowest BCUT2D eigenvalue weighted by Gasteiger charge is -2.08. The van der Waals surface area contributed by atoms with E-state index >= 15 is 0 Å². The van der Waals surface area contributed by atoms with Crippen molar-refractivity contribution in [3.63, 3.8) is 0 Å². The Kier molecular flexibility index (Phi) is 7.50. The number of nitrogens with zero attached hydrogens (tertiary/aromatic N) is 1. The molecule has 162 valence electrons. The van der Waals surface area contributed by atoms with Crippen molar-refractivity contribution in [1.29, 1.82) is 0 Å². The van der Waals surface area contributed by atoms with Gasteiger partial charge in [0, 0.05) is 30.1 Å². The van der Waals surface area contributed by atoms with E-state index in [9.17, 15) is 18.0 Å². The summed E-state index contributed by atoms with van der Waals surface area (Å²) in [5, 5.41) is 5.22. The number of benzene rings is 2. The molecule has 0 saturated carbocycles. The molecule has 1 amide bonds. The summed E-state index contributed by atoms with van der Waals surface area (Å²) in [6, 6.07) is 15.4. The zero-order chi connectivity index (χ0) is 22.3. The van der Waals surface area contributed by atoms with Crippen LogP contribution >= 0.6 is 11.3 Å². The first-order valence-corrected chi connectivity index (χ1v) is 11.7. The molecule has 0 aliphatic rings. The van der Waals surface area contributed by atoms with Gasteiger partial charge in [-0.3, -0.25) is 9.59 Å². The number of anilines is 1. The second kappa shape index (κ2) is 10.3. The van der Waals surface area contributed by atoms with Gasteiger partial charge in [0.05, 0.1) is 17.0 Å². The minimum absolute atomic E-state index is 0.0273. The highest BCUT2D eigenvalue weighted by molar-refractivity contribution is 7.89. The van der Waals surface area contributed by atoms with Gasteiger partial charge in [0.2, 0.25) is 15.9 Å². The molecule has 1 heterocycles. The van der Waals surface area contributed by atoms with Crippen molar-refractivity contribution in [2.24, 2.45) is 0 Å². The summed E-state index contributed by atoms with van der Waals surface area (Å²) >= 11 is 1.46. The van der Waals surface area contributed by atoms with Crippen LogP contribution in [0, 0.1) is 0 Å². The Labute approximate surface area is 184 Å². The fourth-order valence-corrected chi connectivity index (χ4v) is 4.45. The van der Waals surface area contributed by atoms with Gasteiger partial charge in [-0.2, -0.15) is 0 Å². The Morgan fingerprint density at radius 2 is 1.77 bits per heavy atom. The van der Waals surface area contributed by atoms with Crippen molar-refractivity contribution in [2.45, 2.75) is 24.8 Å². The summed E-state index contributed by atoms with van der Waals surface area (Å²) in [6.45, 7) is 1.29. The number of thiazole rings is 1. The predicted octanol–water partition coefficient (Wildman–Crippen LogP) is 3.18. The summed E-state index contributed by atoms with van der Waals surface area (Å²) in [5.74, 6) is -0.779. The number of carbonyl (C=O) groups is 2. The number of esters is 1. The molecule has 8 nitrogen and oxygen atoms in total. The first-order chi connectivity index (χ1) is 14.8. The predicted molar refractivity (Wildman–Crippen MR) is 118 cm³/mol. The maximum atomic E-state index is 12.3. The molecule has 2 N–H and O–H groups in total. The molecule has 0 radical (unpaired) electrons. The van der Waals surface area contributed by atoms with Gasteiger partial charge in [-0.1, -0.05) is 30.3 Å². The van der Waals surface area contributed by atoms with Crippen LogP contribution in [0.15, 0.2) is 64.9 Å². The quantitative estimate of drug-likeness (QED) is 0.475. The molecular formula is C21H21N3O5S2. The molecule has 0 aliphatic carbocycles. The molecule has 0 saturated heterocycles. The van der Waals surface area contributed by atoms with Crippen LogP contribution in [-0.4, -0.2) is 31.8 Å².